The fraction of sp³-hybridized carbons (Fsp3) is 0.357. The van der Waals surface area contributed by atoms with Crippen LogP contribution in [0.4, 0.5) is 5.69 Å². The predicted octanol–water partition coefficient (Wildman–Crippen LogP) is 6.97. The van der Waals surface area contributed by atoms with E-state index in [4.69, 9.17) is 0 Å². The lowest BCUT2D eigenvalue weighted by Gasteiger charge is -2.48. The first-order valence-electron chi connectivity index (χ1n) is 11.1. The molecule has 0 bridgehead atoms. The maximum absolute atomic E-state index is 10.1. The molecule has 2 heteroatoms. The third-order valence-electron chi connectivity index (χ3n) is 6.77. The summed E-state index contributed by atoms with van der Waals surface area (Å²) in [6.45, 7) is 12.2. The van der Waals surface area contributed by atoms with E-state index in [9.17, 15) is 5.11 Å². The van der Waals surface area contributed by atoms with Crippen LogP contribution in [0, 0.1) is 0 Å². The average Bonchev–Trinajstić information content (AvgIpc) is 2.74. The normalized spacial score (nSPS) is 18.7. The zero-order chi connectivity index (χ0) is 21.5. The first-order valence-corrected chi connectivity index (χ1v) is 11.1. The topological polar surface area (TPSA) is 23.5 Å². The van der Waals surface area contributed by atoms with Crippen molar-refractivity contribution in [3.63, 3.8) is 0 Å². The van der Waals surface area contributed by atoms with Gasteiger partial charge in [-0.1, -0.05) is 70.2 Å². The molecule has 1 N–H and O–H groups in total. The molecule has 0 aromatic heterocycles. The Labute approximate surface area is 181 Å². The van der Waals surface area contributed by atoms with E-state index in [2.05, 4.69) is 94.1 Å². The van der Waals surface area contributed by atoms with E-state index in [1.165, 1.54) is 33.5 Å². The van der Waals surface area contributed by atoms with Crippen LogP contribution in [0.25, 0.3) is 0 Å². The lowest BCUT2D eigenvalue weighted by atomic mass is 9.76. The lowest BCUT2D eigenvalue weighted by Crippen LogP contribution is -2.49. The molecule has 0 spiro atoms. The number of nitrogens with zero attached hydrogens (tertiary/aromatic N) is 1. The Morgan fingerprint density at radius 3 is 1.93 bits per heavy atom. The zero-order valence-electron chi connectivity index (χ0n) is 18.8. The minimum atomic E-state index is -0.295. The molecule has 2 nitrogen and oxygen atoms in total. The molecule has 0 radical (unpaired) electrons. The second-order valence-electron chi connectivity index (χ2n) is 9.34. The first-order chi connectivity index (χ1) is 14.3. The molecule has 3 aromatic rings. The molecule has 0 fully saturated rings. The van der Waals surface area contributed by atoms with E-state index in [-0.39, 0.29) is 5.54 Å². The average molecular weight is 400 g/mol. The van der Waals surface area contributed by atoms with Crippen molar-refractivity contribution in [2.24, 2.45) is 0 Å². The van der Waals surface area contributed by atoms with Crippen LogP contribution < -0.4 is 4.90 Å². The Balaban J connectivity index is 1.85. The van der Waals surface area contributed by atoms with E-state index in [0.717, 1.165) is 13.0 Å². The van der Waals surface area contributed by atoms with Gasteiger partial charge in [0.15, 0.2) is 0 Å². The van der Waals surface area contributed by atoms with Gasteiger partial charge in [0.05, 0.1) is 5.54 Å². The third kappa shape index (κ3) is 3.49. The molecule has 1 aliphatic rings. The molecule has 0 aliphatic carbocycles. The summed E-state index contributed by atoms with van der Waals surface area (Å²) in [5.41, 5.74) is 7.47. The number of hydrogen-bond donors (Lipinski definition) is 1. The van der Waals surface area contributed by atoms with Gasteiger partial charge in [-0.3, -0.25) is 0 Å². The van der Waals surface area contributed by atoms with Crippen LogP contribution in [0.3, 0.4) is 0 Å². The second kappa shape index (κ2) is 7.83. The van der Waals surface area contributed by atoms with Crippen LogP contribution in [-0.2, 0) is 12.0 Å². The Morgan fingerprint density at radius 1 is 0.800 bits per heavy atom. The van der Waals surface area contributed by atoms with Crippen LogP contribution in [-0.4, -0.2) is 11.7 Å². The Kier molecular flexibility index (Phi) is 5.36. The van der Waals surface area contributed by atoms with E-state index in [0.29, 0.717) is 17.6 Å². The largest absolute Gasteiger partial charge is 0.508 e. The molecule has 0 saturated heterocycles. The summed E-state index contributed by atoms with van der Waals surface area (Å²) in [4.78, 5) is 2.53. The number of aromatic hydroxyl groups is 1. The molecule has 30 heavy (non-hydrogen) atoms. The molecule has 1 heterocycles. The number of rotatable bonds is 4. The fourth-order valence-corrected chi connectivity index (χ4v) is 4.79. The number of hydrogen-bond acceptors (Lipinski definition) is 2. The van der Waals surface area contributed by atoms with Gasteiger partial charge in [-0.25, -0.2) is 0 Å². The highest BCUT2D eigenvalue weighted by Crippen LogP contribution is 2.44. The van der Waals surface area contributed by atoms with E-state index in [1.807, 2.05) is 12.1 Å². The number of anilines is 1. The molecule has 1 unspecified atom stereocenters. The Hall–Kier alpha value is -2.74. The highest BCUT2D eigenvalue weighted by molar-refractivity contribution is 5.61. The monoisotopic (exact) mass is 399 g/mol. The van der Waals surface area contributed by atoms with Gasteiger partial charge in [0, 0.05) is 12.2 Å². The molecule has 1 atom stereocenters. The molecular weight excluding hydrogens is 366 g/mol. The number of phenolic OH excluding ortho intramolecular Hbond substituents is 1. The van der Waals surface area contributed by atoms with Crippen molar-refractivity contribution in [2.75, 3.05) is 11.4 Å². The van der Waals surface area contributed by atoms with Crippen LogP contribution in [0.15, 0.2) is 66.7 Å². The van der Waals surface area contributed by atoms with Crippen molar-refractivity contribution in [1.82, 2.24) is 0 Å². The second-order valence-corrected chi connectivity index (χ2v) is 9.34. The Bertz CT molecular complexity index is 1020. The van der Waals surface area contributed by atoms with Crippen LogP contribution in [0.5, 0.6) is 5.75 Å². The molecule has 0 saturated carbocycles. The predicted molar refractivity (Wildman–Crippen MR) is 127 cm³/mol. The summed E-state index contributed by atoms with van der Waals surface area (Å²) in [7, 11) is 0. The smallest absolute Gasteiger partial charge is 0.115 e. The van der Waals surface area contributed by atoms with Crippen molar-refractivity contribution in [2.45, 2.75) is 58.4 Å². The number of benzene rings is 3. The minimum Gasteiger partial charge on any atom is -0.508 e. The molecule has 4 rings (SSSR count). The standard InChI is InChI=1S/C28H33NO/c1-19(2)21-6-10-24(11-7-21)28(5)27-15-14-26(30)18-23(27)16-17-29(28)25-12-8-22(9-13-25)20(3)4/h6-15,18-20,30H,16-17H2,1-5H3. The number of phenols is 1. The van der Waals surface area contributed by atoms with Crippen molar-refractivity contribution in [3.8, 4) is 5.75 Å². The van der Waals surface area contributed by atoms with Gasteiger partial charge in [-0.05, 0) is 77.3 Å². The SMILES string of the molecule is CC(C)c1ccc(N2CCc3cc(O)ccc3C2(C)c2ccc(C(C)C)cc2)cc1. The van der Waals surface area contributed by atoms with Gasteiger partial charge in [0.1, 0.15) is 5.75 Å². The van der Waals surface area contributed by atoms with Gasteiger partial charge in [0.2, 0.25) is 0 Å². The fourth-order valence-electron chi connectivity index (χ4n) is 4.79. The van der Waals surface area contributed by atoms with Crippen LogP contribution in [0.2, 0.25) is 0 Å². The van der Waals surface area contributed by atoms with E-state index < -0.39 is 0 Å². The minimum absolute atomic E-state index is 0.295. The van der Waals surface area contributed by atoms with Crippen molar-refractivity contribution >= 4 is 5.69 Å². The summed E-state index contributed by atoms with van der Waals surface area (Å²) in [6.07, 6.45) is 0.926. The summed E-state index contributed by atoms with van der Waals surface area (Å²) >= 11 is 0. The molecule has 3 aromatic carbocycles. The van der Waals surface area contributed by atoms with E-state index >= 15 is 0 Å². The summed E-state index contributed by atoms with van der Waals surface area (Å²) in [6, 6.07) is 24.0. The van der Waals surface area contributed by atoms with Crippen molar-refractivity contribution in [1.29, 1.82) is 0 Å². The van der Waals surface area contributed by atoms with Crippen LogP contribution >= 0.6 is 0 Å². The van der Waals surface area contributed by atoms with Crippen LogP contribution in [0.1, 0.15) is 74.3 Å². The zero-order valence-corrected chi connectivity index (χ0v) is 18.8. The maximum Gasteiger partial charge on any atom is 0.115 e. The number of fused-ring (bicyclic) bond motifs is 1. The summed E-state index contributed by atoms with van der Waals surface area (Å²) in [5.74, 6) is 1.39. The molecular formula is C28H33NO. The molecule has 1 aliphatic heterocycles. The first kappa shape index (κ1) is 20.5. The van der Waals surface area contributed by atoms with Crippen molar-refractivity contribution in [3.05, 3.63) is 94.5 Å². The summed E-state index contributed by atoms with van der Waals surface area (Å²) < 4.78 is 0. The Morgan fingerprint density at radius 2 is 1.37 bits per heavy atom. The van der Waals surface area contributed by atoms with Gasteiger partial charge in [-0.15, -0.1) is 0 Å². The third-order valence-corrected chi connectivity index (χ3v) is 6.77. The van der Waals surface area contributed by atoms with E-state index in [1.54, 1.807) is 0 Å². The molecule has 0 amide bonds. The van der Waals surface area contributed by atoms with Gasteiger partial charge < -0.3 is 10.0 Å². The molecule has 156 valence electrons. The maximum atomic E-state index is 10.1. The quantitative estimate of drug-likeness (QED) is 0.512. The summed E-state index contributed by atoms with van der Waals surface area (Å²) in [5, 5.41) is 10.1. The highest BCUT2D eigenvalue weighted by atomic mass is 16.3. The van der Waals surface area contributed by atoms with Gasteiger partial charge in [0.25, 0.3) is 0 Å². The van der Waals surface area contributed by atoms with Crippen molar-refractivity contribution < 1.29 is 5.11 Å². The lowest BCUT2D eigenvalue weighted by molar-refractivity contribution is 0.463. The van der Waals surface area contributed by atoms with Gasteiger partial charge in [-0.2, -0.15) is 0 Å². The van der Waals surface area contributed by atoms with Gasteiger partial charge >= 0.3 is 0 Å². The highest BCUT2D eigenvalue weighted by Gasteiger charge is 2.40.